The molecule has 28 heavy (non-hydrogen) atoms. The van der Waals surface area contributed by atoms with Gasteiger partial charge in [0.05, 0.1) is 0 Å². The predicted molar refractivity (Wildman–Crippen MR) is 121 cm³/mol. The lowest BCUT2D eigenvalue weighted by molar-refractivity contribution is 0.477. The fourth-order valence-corrected chi connectivity index (χ4v) is 4.15. The van der Waals surface area contributed by atoms with Crippen molar-refractivity contribution in [3.8, 4) is 28.0 Å². The molecule has 0 unspecified atom stereocenters. The van der Waals surface area contributed by atoms with Gasteiger partial charge in [0, 0.05) is 5.56 Å². The highest BCUT2D eigenvalue weighted by atomic mass is 16.3. The lowest BCUT2D eigenvalue weighted by Crippen LogP contribution is -2.07. The molecule has 3 aromatic rings. The SMILES string of the molecule is CC(C)c1cc(C(C)C)c(-c2ccccc2O)c(C(C)C)c1-c1ccccc1. The number of rotatable bonds is 5. The van der Waals surface area contributed by atoms with Gasteiger partial charge in [-0.2, -0.15) is 0 Å². The molecule has 0 aromatic heterocycles. The fourth-order valence-electron chi connectivity index (χ4n) is 4.15. The van der Waals surface area contributed by atoms with Crippen LogP contribution in [-0.2, 0) is 0 Å². The largest absolute Gasteiger partial charge is 0.507 e. The maximum absolute atomic E-state index is 10.7. The van der Waals surface area contributed by atoms with Crippen LogP contribution >= 0.6 is 0 Å². The van der Waals surface area contributed by atoms with Crippen LogP contribution in [0, 0.1) is 0 Å². The van der Waals surface area contributed by atoms with Crippen molar-refractivity contribution in [3.05, 3.63) is 77.4 Å². The van der Waals surface area contributed by atoms with Crippen molar-refractivity contribution in [1.82, 2.24) is 0 Å². The molecule has 0 amide bonds. The molecule has 0 heterocycles. The van der Waals surface area contributed by atoms with Crippen molar-refractivity contribution in [3.63, 3.8) is 0 Å². The van der Waals surface area contributed by atoms with E-state index in [0.717, 1.165) is 5.56 Å². The Balaban J connectivity index is 2.52. The van der Waals surface area contributed by atoms with Crippen molar-refractivity contribution in [2.75, 3.05) is 0 Å². The van der Waals surface area contributed by atoms with E-state index >= 15 is 0 Å². The molecule has 0 aliphatic heterocycles. The van der Waals surface area contributed by atoms with Gasteiger partial charge < -0.3 is 5.11 Å². The van der Waals surface area contributed by atoms with Crippen LogP contribution in [0.1, 0.15) is 76.0 Å². The molecule has 0 aliphatic rings. The Morgan fingerprint density at radius 3 is 1.68 bits per heavy atom. The Morgan fingerprint density at radius 1 is 0.607 bits per heavy atom. The minimum Gasteiger partial charge on any atom is -0.507 e. The molecule has 1 N–H and O–H groups in total. The van der Waals surface area contributed by atoms with E-state index in [1.807, 2.05) is 18.2 Å². The Morgan fingerprint density at radius 2 is 1.14 bits per heavy atom. The fraction of sp³-hybridized carbons (Fsp3) is 0.333. The molecule has 3 rings (SSSR count). The summed E-state index contributed by atoms with van der Waals surface area (Å²) in [5, 5.41) is 10.7. The first-order valence-corrected chi connectivity index (χ1v) is 10.4. The van der Waals surface area contributed by atoms with Crippen molar-refractivity contribution < 1.29 is 5.11 Å². The summed E-state index contributed by atoms with van der Waals surface area (Å²) in [6.07, 6.45) is 0. The maximum atomic E-state index is 10.7. The molecule has 146 valence electrons. The minimum absolute atomic E-state index is 0.334. The molecule has 3 aromatic carbocycles. The van der Waals surface area contributed by atoms with Crippen molar-refractivity contribution >= 4 is 0 Å². The van der Waals surface area contributed by atoms with E-state index in [1.165, 1.54) is 33.4 Å². The summed E-state index contributed by atoms with van der Waals surface area (Å²) in [5.74, 6) is 1.47. The number of hydrogen-bond acceptors (Lipinski definition) is 1. The Kier molecular flexibility index (Phi) is 5.93. The second-order valence-corrected chi connectivity index (χ2v) is 8.57. The Labute approximate surface area is 170 Å². The molecule has 0 saturated carbocycles. The highest BCUT2D eigenvalue weighted by Crippen LogP contribution is 2.47. The lowest BCUT2D eigenvalue weighted by Gasteiger charge is -2.28. The zero-order valence-corrected chi connectivity index (χ0v) is 18.0. The third-order valence-electron chi connectivity index (χ3n) is 5.48. The van der Waals surface area contributed by atoms with Gasteiger partial charge in [-0.15, -0.1) is 0 Å². The second kappa shape index (κ2) is 8.22. The number of aromatic hydroxyl groups is 1. The molecular formula is C27H32O. The van der Waals surface area contributed by atoms with Crippen LogP contribution in [0.15, 0.2) is 60.7 Å². The van der Waals surface area contributed by atoms with E-state index in [-0.39, 0.29) is 0 Å². The summed E-state index contributed by atoms with van der Waals surface area (Å²) < 4.78 is 0. The first-order chi connectivity index (χ1) is 13.3. The molecule has 0 fully saturated rings. The molecule has 1 nitrogen and oxygen atoms in total. The van der Waals surface area contributed by atoms with Gasteiger partial charge in [-0.1, -0.05) is 96.1 Å². The van der Waals surface area contributed by atoms with Crippen molar-refractivity contribution in [2.45, 2.75) is 59.3 Å². The van der Waals surface area contributed by atoms with E-state index in [1.54, 1.807) is 6.07 Å². The van der Waals surface area contributed by atoms with E-state index in [2.05, 4.69) is 77.9 Å². The van der Waals surface area contributed by atoms with Crippen LogP contribution in [-0.4, -0.2) is 5.11 Å². The summed E-state index contributed by atoms with van der Waals surface area (Å²) in [7, 11) is 0. The van der Waals surface area contributed by atoms with Gasteiger partial charge in [0.2, 0.25) is 0 Å². The zero-order chi connectivity index (χ0) is 20.4. The van der Waals surface area contributed by atoms with Crippen molar-refractivity contribution in [2.24, 2.45) is 0 Å². The van der Waals surface area contributed by atoms with Gasteiger partial charge in [-0.3, -0.25) is 0 Å². The number of benzene rings is 3. The van der Waals surface area contributed by atoms with Crippen LogP contribution in [0.4, 0.5) is 0 Å². The summed E-state index contributed by atoms with van der Waals surface area (Å²) in [6.45, 7) is 13.6. The van der Waals surface area contributed by atoms with Crippen LogP contribution in [0.2, 0.25) is 0 Å². The van der Waals surface area contributed by atoms with Crippen LogP contribution in [0.5, 0.6) is 5.75 Å². The lowest BCUT2D eigenvalue weighted by atomic mass is 9.76. The van der Waals surface area contributed by atoms with Gasteiger partial charge >= 0.3 is 0 Å². The van der Waals surface area contributed by atoms with Gasteiger partial charge in [0.25, 0.3) is 0 Å². The molecule has 0 bridgehead atoms. The molecule has 1 heteroatoms. The van der Waals surface area contributed by atoms with E-state index in [9.17, 15) is 5.11 Å². The molecule has 0 atom stereocenters. The zero-order valence-electron chi connectivity index (χ0n) is 18.0. The van der Waals surface area contributed by atoms with Crippen LogP contribution in [0.25, 0.3) is 22.3 Å². The first kappa shape index (κ1) is 20.2. The predicted octanol–water partition coefficient (Wildman–Crippen LogP) is 8.10. The van der Waals surface area contributed by atoms with Crippen LogP contribution in [0.3, 0.4) is 0 Å². The smallest absolute Gasteiger partial charge is 0.123 e. The highest BCUT2D eigenvalue weighted by Gasteiger charge is 2.25. The Hall–Kier alpha value is -2.54. The molecule has 0 aliphatic carbocycles. The highest BCUT2D eigenvalue weighted by molar-refractivity contribution is 5.86. The number of hydrogen-bond donors (Lipinski definition) is 1. The number of para-hydroxylation sites is 1. The third-order valence-corrected chi connectivity index (χ3v) is 5.48. The molecular weight excluding hydrogens is 340 g/mol. The Bertz CT molecular complexity index is 949. The minimum atomic E-state index is 0.334. The summed E-state index contributed by atoms with van der Waals surface area (Å²) in [4.78, 5) is 0. The van der Waals surface area contributed by atoms with E-state index < -0.39 is 0 Å². The first-order valence-electron chi connectivity index (χ1n) is 10.4. The number of phenols is 1. The summed E-state index contributed by atoms with van der Waals surface area (Å²) in [5.41, 5.74) is 8.75. The molecule has 0 radical (unpaired) electrons. The quantitative estimate of drug-likeness (QED) is 0.479. The van der Waals surface area contributed by atoms with E-state index in [4.69, 9.17) is 0 Å². The van der Waals surface area contributed by atoms with Gasteiger partial charge in [0.15, 0.2) is 0 Å². The van der Waals surface area contributed by atoms with Crippen LogP contribution < -0.4 is 0 Å². The maximum Gasteiger partial charge on any atom is 0.123 e. The third kappa shape index (κ3) is 3.71. The average molecular weight is 373 g/mol. The number of phenolic OH excluding ortho intramolecular Hbond substituents is 1. The van der Waals surface area contributed by atoms with Crippen molar-refractivity contribution in [1.29, 1.82) is 0 Å². The van der Waals surface area contributed by atoms with Gasteiger partial charge in [-0.25, -0.2) is 0 Å². The van der Waals surface area contributed by atoms with E-state index in [0.29, 0.717) is 23.5 Å². The summed E-state index contributed by atoms with van der Waals surface area (Å²) in [6, 6.07) is 20.8. The summed E-state index contributed by atoms with van der Waals surface area (Å²) >= 11 is 0. The standard InChI is InChI=1S/C27H32O/c1-17(2)22-16-23(18(3)4)27(21-14-10-11-15-24(21)28)25(19(5)6)26(22)20-12-8-7-9-13-20/h7-19,28H,1-6H3. The average Bonchev–Trinajstić information content (AvgIpc) is 2.67. The second-order valence-electron chi connectivity index (χ2n) is 8.57. The van der Waals surface area contributed by atoms with Gasteiger partial charge in [-0.05, 0) is 57.2 Å². The monoisotopic (exact) mass is 372 g/mol. The normalized spacial score (nSPS) is 11.6. The molecule has 0 saturated heterocycles. The topological polar surface area (TPSA) is 20.2 Å². The molecule has 0 spiro atoms. The van der Waals surface area contributed by atoms with Gasteiger partial charge in [0.1, 0.15) is 5.75 Å².